The normalized spacial score (nSPS) is 12.2. The van der Waals surface area contributed by atoms with Gasteiger partial charge in [0.25, 0.3) is 0 Å². The number of methoxy groups -OCH3 is 2. The van der Waals surface area contributed by atoms with Crippen LogP contribution in [0.1, 0.15) is 29.2 Å². The van der Waals surface area contributed by atoms with Crippen molar-refractivity contribution in [3.8, 4) is 11.5 Å². The van der Waals surface area contributed by atoms with Crippen molar-refractivity contribution in [3.63, 3.8) is 0 Å². The van der Waals surface area contributed by atoms with E-state index in [2.05, 4.69) is 0 Å². The first-order chi connectivity index (χ1) is 9.21. The van der Waals surface area contributed by atoms with Gasteiger partial charge in [0.2, 0.25) is 0 Å². The van der Waals surface area contributed by atoms with Gasteiger partial charge < -0.3 is 13.9 Å². The lowest BCUT2D eigenvalue weighted by Crippen LogP contribution is -1.97. The summed E-state index contributed by atoms with van der Waals surface area (Å²) in [6.45, 7) is 2.04. The van der Waals surface area contributed by atoms with E-state index in [1.165, 1.54) is 0 Å². The Balaban J connectivity index is 2.36. The molecule has 1 heterocycles. The molecule has 3 nitrogen and oxygen atoms in total. The average molecular weight is 281 g/mol. The van der Waals surface area contributed by atoms with E-state index in [1.807, 2.05) is 31.2 Å². The maximum Gasteiger partial charge on any atom is 0.161 e. The number of halogens is 1. The molecule has 0 aliphatic rings. The van der Waals surface area contributed by atoms with Crippen LogP contribution in [0.3, 0.4) is 0 Å². The van der Waals surface area contributed by atoms with Gasteiger partial charge in [-0.05, 0) is 23.8 Å². The maximum absolute atomic E-state index is 6.52. The second kappa shape index (κ2) is 6.02. The molecule has 19 heavy (non-hydrogen) atoms. The molecule has 0 amide bonds. The van der Waals surface area contributed by atoms with E-state index in [4.69, 9.17) is 25.5 Å². The summed E-state index contributed by atoms with van der Waals surface area (Å²) in [7, 11) is 3.22. The lowest BCUT2D eigenvalue weighted by atomic mass is 10.0. The summed E-state index contributed by atoms with van der Waals surface area (Å²) in [5.74, 6) is 2.28. The van der Waals surface area contributed by atoms with E-state index in [-0.39, 0.29) is 5.38 Å². The number of benzene rings is 1. The van der Waals surface area contributed by atoms with Gasteiger partial charge in [-0.15, -0.1) is 11.6 Å². The van der Waals surface area contributed by atoms with Crippen molar-refractivity contribution in [1.29, 1.82) is 0 Å². The fourth-order valence-electron chi connectivity index (χ4n) is 2.05. The first-order valence-electron chi connectivity index (χ1n) is 6.13. The van der Waals surface area contributed by atoms with Crippen LogP contribution in [0.25, 0.3) is 0 Å². The lowest BCUT2D eigenvalue weighted by molar-refractivity contribution is 0.354. The highest BCUT2D eigenvalue weighted by molar-refractivity contribution is 6.22. The standard InChI is InChI=1S/C15H17ClO3/c1-4-12-11(7-8-19-12)15(16)10-5-6-13(17-2)14(9-10)18-3/h5-9,15H,4H2,1-3H3. The third kappa shape index (κ3) is 2.71. The van der Waals surface area contributed by atoms with Crippen molar-refractivity contribution in [1.82, 2.24) is 0 Å². The van der Waals surface area contributed by atoms with Gasteiger partial charge in [0, 0.05) is 12.0 Å². The summed E-state index contributed by atoms with van der Waals surface area (Å²) in [5.41, 5.74) is 1.95. The Morgan fingerprint density at radius 1 is 1.16 bits per heavy atom. The second-order valence-electron chi connectivity index (χ2n) is 4.13. The van der Waals surface area contributed by atoms with Crippen LogP contribution in [0.5, 0.6) is 11.5 Å². The zero-order chi connectivity index (χ0) is 13.8. The van der Waals surface area contributed by atoms with Gasteiger partial charge in [0.05, 0.1) is 25.9 Å². The van der Waals surface area contributed by atoms with E-state index < -0.39 is 0 Å². The van der Waals surface area contributed by atoms with Gasteiger partial charge >= 0.3 is 0 Å². The minimum Gasteiger partial charge on any atom is -0.493 e. The molecule has 2 rings (SSSR count). The summed E-state index contributed by atoms with van der Waals surface area (Å²) in [6.07, 6.45) is 2.49. The first-order valence-corrected chi connectivity index (χ1v) is 6.57. The van der Waals surface area contributed by atoms with Crippen molar-refractivity contribution in [2.75, 3.05) is 14.2 Å². The van der Waals surface area contributed by atoms with E-state index in [1.54, 1.807) is 20.5 Å². The summed E-state index contributed by atoms with van der Waals surface area (Å²) in [6, 6.07) is 7.59. The van der Waals surface area contributed by atoms with E-state index in [0.717, 1.165) is 23.3 Å². The molecule has 0 aliphatic carbocycles. The molecule has 0 N–H and O–H groups in total. The second-order valence-corrected chi connectivity index (χ2v) is 4.57. The molecule has 0 fully saturated rings. The molecule has 0 saturated heterocycles. The summed E-state index contributed by atoms with van der Waals surface area (Å²) in [5, 5.41) is -0.256. The minimum absolute atomic E-state index is 0.256. The van der Waals surface area contributed by atoms with Crippen LogP contribution in [0.4, 0.5) is 0 Å². The Bertz CT molecular complexity index is 548. The fraction of sp³-hybridized carbons (Fsp3) is 0.333. The van der Waals surface area contributed by atoms with Crippen molar-refractivity contribution < 1.29 is 13.9 Å². The highest BCUT2D eigenvalue weighted by atomic mass is 35.5. The molecule has 4 heteroatoms. The number of hydrogen-bond donors (Lipinski definition) is 0. The molecule has 1 aromatic heterocycles. The third-order valence-electron chi connectivity index (χ3n) is 3.07. The van der Waals surface area contributed by atoms with Crippen molar-refractivity contribution in [2.24, 2.45) is 0 Å². The van der Waals surface area contributed by atoms with Crippen LogP contribution in [-0.2, 0) is 6.42 Å². The predicted octanol–water partition coefficient (Wildman–Crippen LogP) is 4.19. The molecule has 1 atom stereocenters. The zero-order valence-electron chi connectivity index (χ0n) is 11.3. The van der Waals surface area contributed by atoms with Crippen LogP contribution < -0.4 is 9.47 Å². The van der Waals surface area contributed by atoms with Gasteiger partial charge in [-0.2, -0.15) is 0 Å². The zero-order valence-corrected chi connectivity index (χ0v) is 12.0. The molecule has 102 valence electrons. The Morgan fingerprint density at radius 2 is 1.89 bits per heavy atom. The summed E-state index contributed by atoms with van der Waals surface area (Å²) in [4.78, 5) is 0. The first kappa shape index (κ1) is 13.8. The third-order valence-corrected chi connectivity index (χ3v) is 3.56. The monoisotopic (exact) mass is 280 g/mol. The smallest absolute Gasteiger partial charge is 0.161 e. The van der Waals surface area contributed by atoms with Gasteiger partial charge in [-0.1, -0.05) is 13.0 Å². The van der Waals surface area contributed by atoms with Crippen LogP contribution in [0.15, 0.2) is 34.9 Å². The highest BCUT2D eigenvalue weighted by Gasteiger charge is 2.18. The quantitative estimate of drug-likeness (QED) is 0.770. The van der Waals surface area contributed by atoms with Crippen molar-refractivity contribution in [3.05, 3.63) is 47.4 Å². The number of furan rings is 1. The SMILES string of the molecule is CCc1occc1C(Cl)c1ccc(OC)c(OC)c1. The van der Waals surface area contributed by atoms with Gasteiger partial charge in [-0.3, -0.25) is 0 Å². The minimum atomic E-state index is -0.256. The highest BCUT2D eigenvalue weighted by Crippen LogP contribution is 2.36. The van der Waals surface area contributed by atoms with E-state index in [9.17, 15) is 0 Å². The van der Waals surface area contributed by atoms with Crippen LogP contribution in [-0.4, -0.2) is 14.2 Å². The largest absolute Gasteiger partial charge is 0.493 e. The topological polar surface area (TPSA) is 31.6 Å². The Hall–Kier alpha value is -1.61. The summed E-state index contributed by atoms with van der Waals surface area (Å²) >= 11 is 6.52. The van der Waals surface area contributed by atoms with Crippen LogP contribution >= 0.6 is 11.6 Å². The molecular formula is C15H17ClO3. The molecule has 0 bridgehead atoms. The molecule has 1 aromatic carbocycles. The molecule has 0 radical (unpaired) electrons. The molecule has 0 saturated carbocycles. The van der Waals surface area contributed by atoms with E-state index in [0.29, 0.717) is 11.5 Å². The molecular weight excluding hydrogens is 264 g/mol. The maximum atomic E-state index is 6.52. The Labute approximate surface area is 118 Å². The van der Waals surface area contributed by atoms with Crippen molar-refractivity contribution >= 4 is 11.6 Å². The van der Waals surface area contributed by atoms with Crippen LogP contribution in [0, 0.1) is 0 Å². The van der Waals surface area contributed by atoms with Gasteiger partial charge in [0.15, 0.2) is 11.5 Å². The number of hydrogen-bond acceptors (Lipinski definition) is 3. The number of rotatable bonds is 5. The number of ether oxygens (including phenoxy) is 2. The fourth-order valence-corrected chi connectivity index (χ4v) is 2.38. The van der Waals surface area contributed by atoms with Crippen LogP contribution in [0.2, 0.25) is 0 Å². The van der Waals surface area contributed by atoms with E-state index >= 15 is 0 Å². The molecule has 2 aromatic rings. The van der Waals surface area contributed by atoms with Gasteiger partial charge in [-0.25, -0.2) is 0 Å². The Morgan fingerprint density at radius 3 is 2.53 bits per heavy atom. The Kier molecular flexibility index (Phi) is 4.38. The molecule has 1 unspecified atom stereocenters. The molecule has 0 spiro atoms. The molecule has 0 aliphatic heterocycles. The lowest BCUT2D eigenvalue weighted by Gasteiger charge is -2.13. The van der Waals surface area contributed by atoms with Gasteiger partial charge in [0.1, 0.15) is 5.76 Å². The number of aryl methyl sites for hydroxylation is 1. The summed E-state index contributed by atoms with van der Waals surface area (Å²) < 4.78 is 15.9. The predicted molar refractivity (Wildman–Crippen MR) is 75.3 cm³/mol. The average Bonchev–Trinajstić information content (AvgIpc) is 2.94. The van der Waals surface area contributed by atoms with Crippen molar-refractivity contribution in [2.45, 2.75) is 18.7 Å². The number of alkyl halides is 1.